The van der Waals surface area contributed by atoms with Crippen molar-refractivity contribution in [2.75, 3.05) is 6.61 Å². The SMILES string of the molecule is O=C(ON1C(=O)c2ccccc2C1=O)c1n[nH]c2c1COCC2. The minimum atomic E-state index is -0.873. The molecular weight excluding hydrogens is 302 g/mol. The molecule has 0 radical (unpaired) electrons. The second kappa shape index (κ2) is 5.03. The molecule has 0 spiro atoms. The van der Waals surface area contributed by atoms with Gasteiger partial charge in [0, 0.05) is 17.7 Å². The summed E-state index contributed by atoms with van der Waals surface area (Å²) in [6, 6.07) is 6.29. The number of H-pyrrole nitrogens is 1. The van der Waals surface area contributed by atoms with Gasteiger partial charge in [0.05, 0.1) is 24.3 Å². The molecule has 3 heterocycles. The van der Waals surface area contributed by atoms with Gasteiger partial charge >= 0.3 is 5.97 Å². The lowest BCUT2D eigenvalue weighted by Crippen LogP contribution is -2.33. The molecule has 0 saturated heterocycles. The fourth-order valence-corrected chi connectivity index (χ4v) is 2.66. The first-order valence-electron chi connectivity index (χ1n) is 7.01. The van der Waals surface area contributed by atoms with E-state index in [0.29, 0.717) is 23.7 Å². The summed E-state index contributed by atoms with van der Waals surface area (Å²) >= 11 is 0. The number of benzene rings is 1. The second-order valence-corrected chi connectivity index (χ2v) is 5.16. The first-order valence-corrected chi connectivity index (χ1v) is 7.01. The third kappa shape index (κ3) is 2.03. The Kier molecular flexibility index (Phi) is 2.98. The molecule has 8 heteroatoms. The molecule has 8 nitrogen and oxygen atoms in total. The van der Waals surface area contributed by atoms with Crippen LogP contribution in [-0.2, 0) is 22.6 Å². The normalized spacial score (nSPS) is 16.3. The summed E-state index contributed by atoms with van der Waals surface area (Å²) in [4.78, 5) is 41.6. The lowest BCUT2D eigenvalue weighted by atomic mass is 10.1. The zero-order chi connectivity index (χ0) is 16.0. The van der Waals surface area contributed by atoms with Crippen molar-refractivity contribution in [2.24, 2.45) is 0 Å². The third-order valence-corrected chi connectivity index (χ3v) is 3.82. The van der Waals surface area contributed by atoms with E-state index in [1.54, 1.807) is 12.1 Å². The molecule has 1 aromatic heterocycles. The maximum Gasteiger partial charge on any atom is 0.384 e. The maximum atomic E-state index is 12.3. The highest BCUT2D eigenvalue weighted by atomic mass is 16.7. The van der Waals surface area contributed by atoms with E-state index in [9.17, 15) is 14.4 Å². The predicted molar refractivity (Wildman–Crippen MR) is 74.3 cm³/mol. The quantitative estimate of drug-likeness (QED) is 0.825. The summed E-state index contributed by atoms with van der Waals surface area (Å²) < 4.78 is 5.29. The number of nitrogens with zero attached hydrogens (tertiary/aromatic N) is 2. The van der Waals surface area contributed by atoms with E-state index in [1.807, 2.05) is 0 Å². The van der Waals surface area contributed by atoms with Crippen LogP contribution < -0.4 is 0 Å². The molecule has 1 aromatic carbocycles. The van der Waals surface area contributed by atoms with Gasteiger partial charge in [-0.1, -0.05) is 17.2 Å². The van der Waals surface area contributed by atoms with Gasteiger partial charge in [0.2, 0.25) is 0 Å². The molecule has 0 fully saturated rings. The number of aromatic nitrogens is 2. The second-order valence-electron chi connectivity index (χ2n) is 5.16. The van der Waals surface area contributed by atoms with E-state index >= 15 is 0 Å². The van der Waals surface area contributed by atoms with E-state index in [0.717, 1.165) is 5.69 Å². The lowest BCUT2D eigenvalue weighted by Gasteiger charge is -2.14. The number of ether oxygens (including phenoxy) is 1. The molecule has 23 heavy (non-hydrogen) atoms. The molecule has 2 aliphatic heterocycles. The van der Waals surface area contributed by atoms with Crippen LogP contribution in [0, 0.1) is 0 Å². The highest BCUT2D eigenvalue weighted by Gasteiger charge is 2.39. The minimum Gasteiger partial charge on any atom is -0.376 e. The Labute approximate surface area is 129 Å². The van der Waals surface area contributed by atoms with Crippen molar-refractivity contribution in [3.8, 4) is 0 Å². The van der Waals surface area contributed by atoms with Gasteiger partial charge in [0.1, 0.15) is 0 Å². The Bertz CT molecular complexity index is 806. The molecule has 116 valence electrons. The molecule has 0 saturated carbocycles. The first kappa shape index (κ1) is 13.6. The van der Waals surface area contributed by atoms with Gasteiger partial charge in [-0.05, 0) is 12.1 Å². The van der Waals surface area contributed by atoms with Crippen molar-refractivity contribution in [1.82, 2.24) is 15.3 Å². The summed E-state index contributed by atoms with van der Waals surface area (Å²) in [5.41, 5.74) is 1.83. The van der Waals surface area contributed by atoms with Crippen LogP contribution in [-0.4, -0.2) is 39.7 Å². The highest BCUT2D eigenvalue weighted by molar-refractivity contribution is 6.21. The molecule has 0 aliphatic carbocycles. The van der Waals surface area contributed by atoms with Crippen LogP contribution in [0.15, 0.2) is 24.3 Å². The van der Waals surface area contributed by atoms with E-state index < -0.39 is 17.8 Å². The predicted octanol–water partition coefficient (Wildman–Crippen LogP) is 0.850. The largest absolute Gasteiger partial charge is 0.384 e. The number of carbonyl (C=O) groups excluding carboxylic acids is 3. The average molecular weight is 313 g/mol. The number of imide groups is 1. The standard InChI is InChI=1S/C15H11N3O5/c19-13-8-3-1-2-4-9(8)14(20)18(13)23-15(21)12-10-7-22-6-5-11(10)16-17-12/h1-4H,5-7H2,(H,16,17). The number of carbonyl (C=O) groups is 3. The molecule has 2 amide bonds. The van der Waals surface area contributed by atoms with Crippen LogP contribution in [0.4, 0.5) is 0 Å². The van der Waals surface area contributed by atoms with E-state index in [1.165, 1.54) is 12.1 Å². The minimum absolute atomic E-state index is 0.0243. The zero-order valence-electron chi connectivity index (χ0n) is 11.9. The van der Waals surface area contributed by atoms with Gasteiger partial charge in [-0.3, -0.25) is 14.7 Å². The van der Waals surface area contributed by atoms with Gasteiger partial charge in [-0.25, -0.2) is 4.79 Å². The Morgan fingerprint density at radius 2 is 1.91 bits per heavy atom. The smallest absolute Gasteiger partial charge is 0.376 e. The fourth-order valence-electron chi connectivity index (χ4n) is 2.66. The molecule has 4 rings (SSSR count). The lowest BCUT2D eigenvalue weighted by molar-refractivity contribution is -0.0590. The van der Waals surface area contributed by atoms with E-state index in [2.05, 4.69) is 10.2 Å². The average Bonchev–Trinajstić information content (AvgIpc) is 3.11. The number of rotatable bonds is 2. The summed E-state index contributed by atoms with van der Waals surface area (Å²) in [5, 5.41) is 7.13. The Morgan fingerprint density at radius 3 is 2.61 bits per heavy atom. The molecule has 2 aromatic rings. The summed E-state index contributed by atoms with van der Waals surface area (Å²) in [6.07, 6.45) is 0.614. The maximum absolute atomic E-state index is 12.3. The first-order chi connectivity index (χ1) is 11.2. The number of amides is 2. The summed E-state index contributed by atoms with van der Waals surface area (Å²) in [7, 11) is 0. The van der Waals surface area contributed by atoms with E-state index in [-0.39, 0.29) is 23.4 Å². The number of aromatic amines is 1. The third-order valence-electron chi connectivity index (χ3n) is 3.82. The number of fused-ring (bicyclic) bond motifs is 2. The van der Waals surface area contributed by atoms with Crippen LogP contribution in [0.25, 0.3) is 0 Å². The van der Waals surface area contributed by atoms with Crippen molar-refractivity contribution < 1.29 is 24.0 Å². The van der Waals surface area contributed by atoms with Crippen molar-refractivity contribution >= 4 is 17.8 Å². The van der Waals surface area contributed by atoms with Crippen LogP contribution in [0.2, 0.25) is 0 Å². The Morgan fingerprint density at radius 1 is 1.22 bits per heavy atom. The highest BCUT2D eigenvalue weighted by Crippen LogP contribution is 2.24. The fraction of sp³-hybridized carbons (Fsp3) is 0.200. The molecular formula is C15H11N3O5. The van der Waals surface area contributed by atoms with Gasteiger partial charge in [-0.2, -0.15) is 5.10 Å². The summed E-state index contributed by atoms with van der Waals surface area (Å²) in [5.74, 6) is -2.21. The number of hydroxylamine groups is 2. The van der Waals surface area contributed by atoms with Crippen LogP contribution in [0.1, 0.15) is 42.5 Å². The van der Waals surface area contributed by atoms with Crippen molar-refractivity contribution in [3.05, 3.63) is 52.3 Å². The number of nitrogens with one attached hydrogen (secondary N) is 1. The molecule has 2 aliphatic rings. The van der Waals surface area contributed by atoms with Gasteiger partial charge in [0.25, 0.3) is 11.8 Å². The topological polar surface area (TPSA) is 102 Å². The molecule has 0 bridgehead atoms. The van der Waals surface area contributed by atoms with Crippen LogP contribution in [0.5, 0.6) is 0 Å². The molecule has 0 atom stereocenters. The van der Waals surface area contributed by atoms with E-state index in [4.69, 9.17) is 9.57 Å². The van der Waals surface area contributed by atoms with Crippen LogP contribution in [0.3, 0.4) is 0 Å². The van der Waals surface area contributed by atoms with Gasteiger partial charge in [0.15, 0.2) is 5.69 Å². The number of hydrogen-bond acceptors (Lipinski definition) is 6. The van der Waals surface area contributed by atoms with Crippen molar-refractivity contribution in [1.29, 1.82) is 0 Å². The zero-order valence-corrected chi connectivity index (χ0v) is 11.9. The Balaban J connectivity index is 1.60. The van der Waals surface area contributed by atoms with Gasteiger partial charge < -0.3 is 9.57 Å². The molecule has 1 N–H and O–H groups in total. The van der Waals surface area contributed by atoms with Gasteiger partial charge in [-0.15, -0.1) is 0 Å². The number of hydrogen-bond donors (Lipinski definition) is 1. The molecule has 0 unspecified atom stereocenters. The monoisotopic (exact) mass is 313 g/mol. The van der Waals surface area contributed by atoms with Crippen molar-refractivity contribution in [3.63, 3.8) is 0 Å². The van der Waals surface area contributed by atoms with Crippen molar-refractivity contribution in [2.45, 2.75) is 13.0 Å². The Hall–Kier alpha value is -3.00. The summed E-state index contributed by atoms with van der Waals surface area (Å²) in [6.45, 7) is 0.778. The van der Waals surface area contributed by atoms with Crippen LogP contribution >= 0.6 is 0 Å².